The molecule has 2 aromatic rings. The number of hydrogen-bond donors (Lipinski definition) is 3. The summed E-state index contributed by atoms with van der Waals surface area (Å²) in [6.45, 7) is 1.13. The summed E-state index contributed by atoms with van der Waals surface area (Å²) in [6.07, 6.45) is 1.21. The number of pyridine rings is 1. The Hall–Kier alpha value is -2.45. The van der Waals surface area contributed by atoms with Crippen molar-refractivity contribution in [1.29, 1.82) is 0 Å². The molecule has 0 aliphatic heterocycles. The molecule has 23 heavy (non-hydrogen) atoms. The summed E-state index contributed by atoms with van der Waals surface area (Å²) in [7, 11) is 0. The van der Waals surface area contributed by atoms with Gasteiger partial charge < -0.3 is 16.0 Å². The van der Waals surface area contributed by atoms with E-state index in [1.54, 1.807) is 18.2 Å². The number of aromatic nitrogens is 1. The van der Waals surface area contributed by atoms with Gasteiger partial charge in [-0.3, -0.25) is 10.1 Å². The first kappa shape index (κ1) is 16.9. The zero-order valence-corrected chi connectivity index (χ0v) is 13.5. The molecule has 0 aliphatic carbocycles. The lowest BCUT2D eigenvalue weighted by Crippen LogP contribution is -2.32. The zero-order chi connectivity index (χ0) is 16.7. The van der Waals surface area contributed by atoms with Crippen molar-refractivity contribution in [3.63, 3.8) is 0 Å². The van der Waals surface area contributed by atoms with E-state index in [-0.39, 0.29) is 5.69 Å². The molecule has 0 amide bonds. The van der Waals surface area contributed by atoms with Crippen LogP contribution in [0.4, 0.5) is 17.2 Å². The predicted octanol–water partition coefficient (Wildman–Crippen LogP) is 3.04. The third-order valence-corrected chi connectivity index (χ3v) is 3.28. The van der Waals surface area contributed by atoms with Crippen molar-refractivity contribution in [2.45, 2.75) is 0 Å². The Bertz CT molecular complexity index is 679. The third kappa shape index (κ3) is 5.68. The molecule has 0 unspecified atom stereocenters. The minimum atomic E-state index is -0.487. The minimum absolute atomic E-state index is 0.0398. The Balaban J connectivity index is 1.69. The average Bonchev–Trinajstić information content (AvgIpc) is 2.54. The van der Waals surface area contributed by atoms with E-state index in [0.717, 1.165) is 5.69 Å². The minimum Gasteiger partial charge on any atom is -0.368 e. The van der Waals surface area contributed by atoms with Gasteiger partial charge >= 0.3 is 0 Å². The van der Waals surface area contributed by atoms with Crippen molar-refractivity contribution in [2.24, 2.45) is 0 Å². The van der Waals surface area contributed by atoms with Gasteiger partial charge in [0.05, 0.1) is 4.92 Å². The fraction of sp³-hybridized carbons (Fsp3) is 0.143. The Labute approximate surface area is 143 Å². The maximum Gasteiger partial charge on any atom is 0.287 e. The molecule has 0 radical (unpaired) electrons. The molecule has 120 valence electrons. The van der Waals surface area contributed by atoms with Gasteiger partial charge in [0.15, 0.2) is 5.11 Å². The normalized spacial score (nSPS) is 9.96. The van der Waals surface area contributed by atoms with Crippen molar-refractivity contribution in [1.82, 2.24) is 10.3 Å². The highest BCUT2D eigenvalue weighted by Crippen LogP contribution is 2.13. The lowest BCUT2D eigenvalue weighted by atomic mass is 10.3. The quantitative estimate of drug-likeness (QED) is 0.319. The summed E-state index contributed by atoms with van der Waals surface area (Å²) in [4.78, 5) is 14.0. The van der Waals surface area contributed by atoms with Crippen LogP contribution < -0.4 is 16.0 Å². The van der Waals surface area contributed by atoms with Crippen LogP contribution in [-0.4, -0.2) is 28.1 Å². The molecule has 0 spiro atoms. The summed E-state index contributed by atoms with van der Waals surface area (Å²) in [5.41, 5.74) is 0.805. The third-order valence-electron chi connectivity index (χ3n) is 2.78. The number of anilines is 2. The van der Waals surface area contributed by atoms with Gasteiger partial charge in [-0.25, -0.2) is 4.98 Å². The SMILES string of the molecule is O=[N+]([O-])c1ccc(NCCNC(=S)Nc2ccc(Cl)cc2)nc1. The van der Waals surface area contributed by atoms with Gasteiger partial charge in [-0.2, -0.15) is 0 Å². The van der Waals surface area contributed by atoms with Crippen LogP contribution in [0, 0.1) is 10.1 Å². The molecule has 7 nitrogen and oxygen atoms in total. The first-order chi connectivity index (χ1) is 11.0. The van der Waals surface area contributed by atoms with Crippen molar-refractivity contribution < 1.29 is 4.92 Å². The van der Waals surface area contributed by atoms with Gasteiger partial charge in [0.25, 0.3) is 5.69 Å². The second kappa shape index (κ2) is 8.25. The number of nitrogens with zero attached hydrogens (tertiary/aromatic N) is 2. The van der Waals surface area contributed by atoms with Crippen molar-refractivity contribution in [3.8, 4) is 0 Å². The summed E-state index contributed by atoms with van der Waals surface area (Å²) in [5, 5.41) is 20.8. The number of benzene rings is 1. The van der Waals surface area contributed by atoms with E-state index in [4.69, 9.17) is 23.8 Å². The monoisotopic (exact) mass is 351 g/mol. The largest absolute Gasteiger partial charge is 0.368 e. The van der Waals surface area contributed by atoms with E-state index < -0.39 is 4.92 Å². The molecular formula is C14H14ClN5O2S. The Morgan fingerprint density at radius 3 is 2.57 bits per heavy atom. The molecular weight excluding hydrogens is 338 g/mol. The molecule has 1 heterocycles. The van der Waals surface area contributed by atoms with E-state index in [2.05, 4.69) is 20.9 Å². The maximum atomic E-state index is 10.5. The molecule has 0 atom stereocenters. The summed E-state index contributed by atoms with van der Waals surface area (Å²) in [5.74, 6) is 0.564. The molecule has 0 saturated carbocycles. The van der Waals surface area contributed by atoms with Crippen LogP contribution in [0.5, 0.6) is 0 Å². The van der Waals surface area contributed by atoms with Crippen LogP contribution >= 0.6 is 23.8 Å². The van der Waals surface area contributed by atoms with E-state index in [0.29, 0.717) is 29.0 Å². The summed E-state index contributed by atoms with van der Waals surface area (Å²) in [6, 6.07) is 10.2. The van der Waals surface area contributed by atoms with Crippen molar-refractivity contribution >= 4 is 46.1 Å². The smallest absolute Gasteiger partial charge is 0.287 e. The number of halogens is 1. The highest BCUT2D eigenvalue weighted by molar-refractivity contribution is 7.80. The van der Waals surface area contributed by atoms with Gasteiger partial charge in [0, 0.05) is 29.9 Å². The van der Waals surface area contributed by atoms with Crippen LogP contribution in [0.1, 0.15) is 0 Å². The van der Waals surface area contributed by atoms with Gasteiger partial charge in [-0.1, -0.05) is 11.6 Å². The molecule has 1 aromatic carbocycles. The maximum absolute atomic E-state index is 10.5. The topological polar surface area (TPSA) is 92.1 Å². The second-order valence-corrected chi connectivity index (χ2v) is 5.32. The van der Waals surface area contributed by atoms with Crippen LogP contribution in [0.2, 0.25) is 5.02 Å². The first-order valence-electron chi connectivity index (χ1n) is 6.69. The number of nitrogens with one attached hydrogen (secondary N) is 3. The fourth-order valence-corrected chi connectivity index (χ4v) is 2.02. The van der Waals surface area contributed by atoms with Crippen LogP contribution in [0.15, 0.2) is 42.6 Å². The lowest BCUT2D eigenvalue weighted by Gasteiger charge is -2.11. The van der Waals surface area contributed by atoms with Crippen molar-refractivity contribution in [2.75, 3.05) is 23.7 Å². The van der Waals surface area contributed by atoms with Crippen LogP contribution in [-0.2, 0) is 0 Å². The Morgan fingerprint density at radius 2 is 1.96 bits per heavy atom. The van der Waals surface area contributed by atoms with E-state index >= 15 is 0 Å². The van der Waals surface area contributed by atoms with Crippen molar-refractivity contribution in [3.05, 3.63) is 57.7 Å². The molecule has 0 saturated heterocycles. The molecule has 1 aromatic heterocycles. The van der Waals surface area contributed by atoms with Gasteiger partial charge in [-0.05, 0) is 42.5 Å². The highest BCUT2D eigenvalue weighted by atomic mass is 35.5. The summed E-state index contributed by atoms with van der Waals surface area (Å²) < 4.78 is 0. The van der Waals surface area contributed by atoms with Gasteiger partial charge in [0.2, 0.25) is 0 Å². The van der Waals surface area contributed by atoms with Crippen LogP contribution in [0.3, 0.4) is 0 Å². The lowest BCUT2D eigenvalue weighted by molar-refractivity contribution is -0.385. The molecule has 0 aliphatic rings. The number of thiocarbonyl (C=S) groups is 1. The number of hydrogen-bond acceptors (Lipinski definition) is 5. The molecule has 9 heteroatoms. The first-order valence-corrected chi connectivity index (χ1v) is 7.48. The molecule has 0 bridgehead atoms. The molecule has 0 fully saturated rings. The Morgan fingerprint density at radius 1 is 1.22 bits per heavy atom. The predicted molar refractivity (Wildman–Crippen MR) is 95.1 cm³/mol. The highest BCUT2D eigenvalue weighted by Gasteiger charge is 2.04. The zero-order valence-electron chi connectivity index (χ0n) is 12.0. The Kier molecular flexibility index (Phi) is 6.07. The van der Waals surface area contributed by atoms with Gasteiger partial charge in [0.1, 0.15) is 12.0 Å². The average molecular weight is 352 g/mol. The number of rotatable bonds is 6. The standard InChI is InChI=1S/C14H14ClN5O2S/c15-10-1-3-11(4-2-10)19-14(23)17-8-7-16-13-6-5-12(9-18-13)20(21)22/h1-6,9H,7-8H2,(H,16,18)(H2,17,19,23). The fourth-order valence-electron chi connectivity index (χ4n) is 1.67. The van der Waals surface area contributed by atoms with E-state index in [1.807, 2.05) is 12.1 Å². The van der Waals surface area contributed by atoms with E-state index in [9.17, 15) is 10.1 Å². The second-order valence-electron chi connectivity index (χ2n) is 4.47. The van der Waals surface area contributed by atoms with Gasteiger partial charge in [-0.15, -0.1) is 0 Å². The molecule has 3 N–H and O–H groups in total. The summed E-state index contributed by atoms with van der Waals surface area (Å²) >= 11 is 11.0. The van der Waals surface area contributed by atoms with Crippen LogP contribution in [0.25, 0.3) is 0 Å². The molecule has 2 rings (SSSR count). The number of nitro groups is 1. The van der Waals surface area contributed by atoms with E-state index in [1.165, 1.54) is 12.3 Å².